The lowest BCUT2D eigenvalue weighted by atomic mass is 10.2. The molecule has 1 saturated carbocycles. The van der Waals surface area contributed by atoms with E-state index in [-0.39, 0.29) is 12.3 Å². The highest BCUT2D eigenvalue weighted by Gasteiger charge is 2.43. The number of hydrogen-bond acceptors (Lipinski definition) is 6. The van der Waals surface area contributed by atoms with Gasteiger partial charge < -0.3 is 19.4 Å². The van der Waals surface area contributed by atoms with Crippen molar-refractivity contribution in [2.24, 2.45) is 13.0 Å². The zero-order valence-electron chi connectivity index (χ0n) is 15.1. The highest BCUT2D eigenvalue weighted by atomic mass is 19.1. The van der Waals surface area contributed by atoms with Crippen LogP contribution < -0.4 is 14.8 Å². The summed E-state index contributed by atoms with van der Waals surface area (Å²) < 4.78 is 25.7. The van der Waals surface area contributed by atoms with Gasteiger partial charge in [0.15, 0.2) is 5.75 Å². The molecule has 3 aromatic rings. The van der Waals surface area contributed by atoms with E-state index in [1.807, 2.05) is 17.7 Å². The van der Waals surface area contributed by atoms with Crippen LogP contribution in [-0.4, -0.2) is 46.0 Å². The molecule has 0 bridgehead atoms. The van der Waals surface area contributed by atoms with Gasteiger partial charge in [-0.3, -0.25) is 4.79 Å². The van der Waals surface area contributed by atoms with E-state index in [0.29, 0.717) is 23.0 Å². The van der Waals surface area contributed by atoms with Crippen molar-refractivity contribution in [3.05, 3.63) is 24.5 Å². The second-order valence-corrected chi connectivity index (χ2v) is 6.36. The minimum atomic E-state index is -1.05. The van der Waals surface area contributed by atoms with Gasteiger partial charge in [0.05, 0.1) is 43.7 Å². The number of halogens is 1. The molecule has 3 aromatic heterocycles. The van der Waals surface area contributed by atoms with Crippen LogP contribution in [0.2, 0.25) is 0 Å². The highest BCUT2D eigenvalue weighted by Crippen LogP contribution is 2.39. The lowest BCUT2D eigenvalue weighted by Crippen LogP contribution is -2.15. The van der Waals surface area contributed by atoms with Gasteiger partial charge in [-0.25, -0.2) is 9.37 Å². The van der Waals surface area contributed by atoms with Gasteiger partial charge in [-0.1, -0.05) is 0 Å². The van der Waals surface area contributed by atoms with E-state index in [0.717, 1.165) is 16.6 Å². The van der Waals surface area contributed by atoms with Crippen LogP contribution >= 0.6 is 0 Å². The van der Waals surface area contributed by atoms with Crippen LogP contribution in [0.5, 0.6) is 11.6 Å². The van der Waals surface area contributed by atoms with Gasteiger partial charge in [0, 0.05) is 12.4 Å². The van der Waals surface area contributed by atoms with Crippen molar-refractivity contribution in [2.75, 3.05) is 19.5 Å². The van der Waals surface area contributed by atoms with E-state index in [1.165, 1.54) is 13.3 Å². The van der Waals surface area contributed by atoms with Crippen LogP contribution in [0.3, 0.4) is 0 Å². The zero-order chi connectivity index (χ0) is 19.1. The maximum atomic E-state index is 13.0. The Morgan fingerprint density at radius 3 is 2.74 bits per heavy atom. The predicted octanol–water partition coefficient (Wildman–Crippen LogP) is 2.34. The number of carbonyl (C=O) groups excluding carboxylic acids is 1. The number of anilines is 1. The average molecular weight is 371 g/mol. The van der Waals surface area contributed by atoms with Crippen molar-refractivity contribution in [1.29, 1.82) is 0 Å². The maximum Gasteiger partial charge on any atom is 0.246 e. The van der Waals surface area contributed by atoms with Crippen molar-refractivity contribution in [2.45, 2.75) is 12.6 Å². The fraction of sp³-hybridized carbons (Fsp3) is 0.333. The summed E-state index contributed by atoms with van der Waals surface area (Å²) in [5.41, 5.74) is 2.31. The van der Waals surface area contributed by atoms with Gasteiger partial charge in [0.1, 0.15) is 17.6 Å². The molecule has 0 unspecified atom stereocenters. The first-order chi connectivity index (χ1) is 13.0. The summed E-state index contributed by atoms with van der Waals surface area (Å²) in [5.74, 6) is 0.342. The maximum absolute atomic E-state index is 13.0. The van der Waals surface area contributed by atoms with Gasteiger partial charge >= 0.3 is 0 Å². The standard InChI is InChI=1S/C18H18FN5O3/c1-24-12(16-14(26-2)8-21-23-18(16)27-3)4-9-5-15(20-7-13(9)24)22-17(25)10-6-11(10)19/h4-5,7-8,10-11H,6H2,1-3H3,(H,20,22,25)/t10-,11+/m1/s1. The quantitative estimate of drug-likeness (QED) is 0.740. The van der Waals surface area contributed by atoms with Crippen LogP contribution in [0.4, 0.5) is 10.2 Å². The van der Waals surface area contributed by atoms with Crippen LogP contribution in [0.25, 0.3) is 22.2 Å². The van der Waals surface area contributed by atoms with E-state index >= 15 is 0 Å². The molecule has 1 aliphatic carbocycles. The summed E-state index contributed by atoms with van der Waals surface area (Å²) in [6.07, 6.45) is 2.40. The number of amides is 1. The lowest BCUT2D eigenvalue weighted by molar-refractivity contribution is -0.117. The number of carbonyl (C=O) groups is 1. The Kier molecular flexibility index (Phi) is 4.14. The number of fused-ring (bicyclic) bond motifs is 1. The Morgan fingerprint density at radius 2 is 2.07 bits per heavy atom. The molecule has 4 rings (SSSR count). The molecule has 0 radical (unpaired) electrons. The summed E-state index contributed by atoms with van der Waals surface area (Å²) in [5, 5.41) is 11.4. The first-order valence-corrected chi connectivity index (χ1v) is 8.38. The molecule has 0 aromatic carbocycles. The molecule has 1 fully saturated rings. The van der Waals surface area contributed by atoms with Crippen LogP contribution in [0.1, 0.15) is 6.42 Å². The second kappa shape index (κ2) is 6.49. The van der Waals surface area contributed by atoms with E-state index in [9.17, 15) is 9.18 Å². The number of hydrogen-bond donors (Lipinski definition) is 1. The van der Waals surface area contributed by atoms with Gasteiger partial charge in [0.25, 0.3) is 0 Å². The molecule has 0 spiro atoms. The summed E-state index contributed by atoms with van der Waals surface area (Å²) >= 11 is 0. The smallest absolute Gasteiger partial charge is 0.246 e. The molecule has 3 heterocycles. The highest BCUT2D eigenvalue weighted by molar-refractivity contribution is 5.96. The molecule has 0 aliphatic heterocycles. The third kappa shape index (κ3) is 2.94. The fourth-order valence-corrected chi connectivity index (χ4v) is 3.08. The van der Waals surface area contributed by atoms with Gasteiger partial charge in [-0.15, -0.1) is 5.10 Å². The monoisotopic (exact) mass is 371 g/mol. The third-order valence-corrected chi connectivity index (χ3v) is 4.68. The minimum Gasteiger partial charge on any atom is -0.494 e. The molecular weight excluding hydrogens is 353 g/mol. The van der Waals surface area contributed by atoms with Crippen LogP contribution in [-0.2, 0) is 11.8 Å². The summed E-state index contributed by atoms with van der Waals surface area (Å²) in [6.45, 7) is 0. The second-order valence-electron chi connectivity index (χ2n) is 6.36. The Balaban J connectivity index is 1.75. The Labute approximate surface area is 154 Å². The topological polar surface area (TPSA) is 91.2 Å². The number of alkyl halides is 1. The first kappa shape index (κ1) is 17.2. The Hall–Kier alpha value is -3.23. The van der Waals surface area contributed by atoms with E-state index in [1.54, 1.807) is 19.4 Å². The SMILES string of the molecule is COc1cnnc(OC)c1-c1cc2cc(NC(=O)[C@@H]3C[C@@H]3F)ncc2n1C. The fourth-order valence-electron chi connectivity index (χ4n) is 3.08. The molecule has 1 N–H and O–H groups in total. The van der Waals surface area contributed by atoms with Crippen LogP contribution in [0.15, 0.2) is 24.5 Å². The number of rotatable bonds is 5. The molecule has 27 heavy (non-hydrogen) atoms. The van der Waals surface area contributed by atoms with E-state index < -0.39 is 12.1 Å². The number of aromatic nitrogens is 4. The third-order valence-electron chi connectivity index (χ3n) is 4.68. The number of pyridine rings is 1. The number of aryl methyl sites for hydroxylation is 1. The predicted molar refractivity (Wildman–Crippen MR) is 96.5 cm³/mol. The zero-order valence-corrected chi connectivity index (χ0v) is 15.1. The molecule has 8 nitrogen and oxygen atoms in total. The van der Waals surface area contributed by atoms with Gasteiger partial charge in [-0.2, -0.15) is 5.10 Å². The minimum absolute atomic E-state index is 0.276. The number of methoxy groups -OCH3 is 2. The van der Waals surface area contributed by atoms with Crippen molar-refractivity contribution in [1.82, 2.24) is 19.7 Å². The largest absolute Gasteiger partial charge is 0.494 e. The number of ether oxygens (including phenoxy) is 2. The number of nitrogens with zero attached hydrogens (tertiary/aromatic N) is 4. The first-order valence-electron chi connectivity index (χ1n) is 8.38. The normalized spacial score (nSPS) is 18.4. The van der Waals surface area contributed by atoms with Crippen LogP contribution in [0, 0.1) is 5.92 Å². The Morgan fingerprint density at radius 1 is 1.30 bits per heavy atom. The molecule has 0 saturated heterocycles. The lowest BCUT2D eigenvalue weighted by Gasteiger charge is -2.11. The molecule has 2 atom stereocenters. The van der Waals surface area contributed by atoms with Gasteiger partial charge in [0.2, 0.25) is 11.8 Å². The van der Waals surface area contributed by atoms with Crippen molar-refractivity contribution >= 4 is 22.6 Å². The van der Waals surface area contributed by atoms with E-state index in [4.69, 9.17) is 9.47 Å². The number of nitrogens with one attached hydrogen (secondary N) is 1. The van der Waals surface area contributed by atoms with Gasteiger partial charge in [-0.05, 0) is 18.6 Å². The van der Waals surface area contributed by atoms with Crippen molar-refractivity contribution in [3.63, 3.8) is 0 Å². The molecule has 140 valence electrons. The molecule has 9 heteroatoms. The average Bonchev–Trinajstić information content (AvgIpc) is 3.33. The van der Waals surface area contributed by atoms with Crippen molar-refractivity contribution < 1.29 is 18.7 Å². The van der Waals surface area contributed by atoms with E-state index in [2.05, 4.69) is 20.5 Å². The summed E-state index contributed by atoms with van der Waals surface area (Å²) in [4.78, 5) is 16.2. The summed E-state index contributed by atoms with van der Waals surface area (Å²) in [7, 11) is 4.95. The summed E-state index contributed by atoms with van der Waals surface area (Å²) in [6, 6.07) is 3.67. The molecule has 1 aliphatic rings. The van der Waals surface area contributed by atoms with Crippen molar-refractivity contribution in [3.8, 4) is 22.9 Å². The Bertz CT molecular complexity index is 1010. The molecular formula is C18H18FN5O3. The molecule has 1 amide bonds.